The summed E-state index contributed by atoms with van der Waals surface area (Å²) >= 11 is 12.5. The maximum atomic E-state index is 13.8. The molecule has 0 aromatic heterocycles. The van der Waals surface area contributed by atoms with Gasteiger partial charge in [0.05, 0.1) is 12.1 Å². The van der Waals surface area contributed by atoms with Crippen LogP contribution in [0.1, 0.15) is 76.3 Å². The zero-order valence-electron chi connectivity index (χ0n) is 26.6. The van der Waals surface area contributed by atoms with Gasteiger partial charge in [0.2, 0.25) is 5.60 Å². The van der Waals surface area contributed by atoms with Crippen LogP contribution in [0.3, 0.4) is 0 Å². The van der Waals surface area contributed by atoms with Crippen LogP contribution < -0.4 is 10.7 Å². The van der Waals surface area contributed by atoms with Crippen molar-refractivity contribution in [1.82, 2.24) is 20.7 Å². The standard InChI is InChI=1S/C34H42Cl2N4O6/c1-20(2)16-28(30(42)37-21(3)14-15-34(45)29(41)19-40(31(34)43)38-26-12-13-26)46-32(44)39(4)33(23-6-5-7-25(36)17-23)18-27(33)22-8-10-24(35)11-9-22/h5-11,17,20-21,26-28,38,45H,12-16,18-19H2,1-4H3,(H,37,42)/t21-,27?,28-,33?,34-/m0/s1. The van der Waals surface area contributed by atoms with E-state index in [4.69, 9.17) is 27.9 Å². The van der Waals surface area contributed by atoms with Gasteiger partial charge in [0, 0.05) is 35.1 Å². The Hall–Kier alpha value is -3.18. The van der Waals surface area contributed by atoms with E-state index in [1.54, 1.807) is 24.9 Å². The van der Waals surface area contributed by atoms with Crippen molar-refractivity contribution in [3.63, 3.8) is 0 Å². The molecular weight excluding hydrogens is 631 g/mol. The minimum absolute atomic E-state index is 0.0354. The highest BCUT2D eigenvalue weighted by Crippen LogP contribution is 2.62. The Bertz CT molecular complexity index is 1480. The summed E-state index contributed by atoms with van der Waals surface area (Å²) in [4.78, 5) is 54.2. The topological polar surface area (TPSA) is 128 Å². The van der Waals surface area contributed by atoms with Gasteiger partial charge in [-0.25, -0.2) is 10.2 Å². The van der Waals surface area contributed by atoms with Crippen LogP contribution in [0, 0.1) is 5.92 Å². The van der Waals surface area contributed by atoms with E-state index in [1.165, 1.54) is 5.01 Å². The molecule has 0 bridgehead atoms. The first-order chi connectivity index (χ1) is 21.7. The molecular formula is C34H42Cl2N4O6. The second-order valence-electron chi connectivity index (χ2n) is 13.3. The Labute approximate surface area is 279 Å². The number of ketones is 1. The summed E-state index contributed by atoms with van der Waals surface area (Å²) in [5.41, 5.74) is 1.99. The minimum atomic E-state index is -2.13. The van der Waals surface area contributed by atoms with Gasteiger partial charge >= 0.3 is 6.09 Å². The molecule has 5 rings (SSSR count). The first-order valence-corrected chi connectivity index (χ1v) is 16.6. The summed E-state index contributed by atoms with van der Waals surface area (Å²) < 4.78 is 5.90. The third-order valence-corrected chi connectivity index (χ3v) is 9.71. The van der Waals surface area contributed by atoms with E-state index in [-0.39, 0.29) is 43.7 Å². The highest BCUT2D eigenvalue weighted by Gasteiger charge is 2.61. The van der Waals surface area contributed by atoms with Crippen molar-refractivity contribution in [3.8, 4) is 0 Å². The van der Waals surface area contributed by atoms with E-state index in [1.807, 2.05) is 56.3 Å². The lowest BCUT2D eigenvalue weighted by Crippen LogP contribution is -2.49. The first kappa shape index (κ1) is 34.2. The second-order valence-corrected chi connectivity index (χ2v) is 14.2. The molecule has 248 valence electrons. The van der Waals surface area contributed by atoms with Crippen molar-refractivity contribution in [3.05, 3.63) is 69.7 Å². The molecule has 2 aromatic carbocycles. The zero-order valence-corrected chi connectivity index (χ0v) is 28.1. The van der Waals surface area contributed by atoms with E-state index in [0.29, 0.717) is 16.5 Å². The number of rotatable bonds is 13. The van der Waals surface area contributed by atoms with Crippen LogP contribution >= 0.6 is 23.2 Å². The number of carbonyl (C=O) groups excluding carboxylic acids is 4. The van der Waals surface area contributed by atoms with Gasteiger partial charge in [0.1, 0.15) is 0 Å². The number of Topliss-reactive ketones (excluding diaryl/α,β-unsaturated/α-hetero) is 1. The van der Waals surface area contributed by atoms with Crippen molar-refractivity contribution >= 4 is 46.9 Å². The summed E-state index contributed by atoms with van der Waals surface area (Å²) in [6.45, 7) is 5.39. The number of nitrogens with one attached hydrogen (secondary N) is 2. The summed E-state index contributed by atoms with van der Waals surface area (Å²) in [6.07, 6.45) is 1.05. The van der Waals surface area contributed by atoms with Crippen molar-refractivity contribution < 1.29 is 29.0 Å². The first-order valence-electron chi connectivity index (χ1n) is 15.8. The van der Waals surface area contributed by atoms with Gasteiger partial charge in [-0.05, 0) is 86.8 Å². The van der Waals surface area contributed by atoms with Crippen LogP contribution in [0.2, 0.25) is 10.0 Å². The SMILES string of the molecule is CC(C)C[C@H](OC(=O)N(C)C1(c2cccc(Cl)c2)CC1c1ccc(Cl)cc1)C(=O)N[C@@H](C)CC[C@]1(O)C(=O)CN(NC2CC2)C1=O. The van der Waals surface area contributed by atoms with Gasteiger partial charge in [-0.2, -0.15) is 0 Å². The molecule has 2 saturated carbocycles. The van der Waals surface area contributed by atoms with Gasteiger partial charge < -0.3 is 20.1 Å². The molecule has 3 N–H and O–H groups in total. The third kappa shape index (κ3) is 7.20. The Morgan fingerprint density at radius 3 is 2.41 bits per heavy atom. The second kappa shape index (κ2) is 13.5. The molecule has 3 fully saturated rings. The largest absolute Gasteiger partial charge is 0.436 e. The molecule has 3 amide bonds. The summed E-state index contributed by atoms with van der Waals surface area (Å²) in [7, 11) is 1.67. The minimum Gasteiger partial charge on any atom is -0.436 e. The number of nitrogens with zero attached hydrogens (tertiary/aromatic N) is 2. The van der Waals surface area contributed by atoms with Gasteiger partial charge in [-0.15, -0.1) is 0 Å². The molecule has 3 aliphatic rings. The Morgan fingerprint density at radius 1 is 1.09 bits per heavy atom. The number of aliphatic hydroxyl groups is 1. The summed E-state index contributed by atoms with van der Waals surface area (Å²) in [5.74, 6) is -1.72. The molecule has 2 aliphatic carbocycles. The monoisotopic (exact) mass is 672 g/mol. The molecule has 0 radical (unpaired) electrons. The van der Waals surface area contributed by atoms with Crippen molar-refractivity contribution in [2.45, 2.75) is 94.5 Å². The number of ether oxygens (including phenoxy) is 1. The Balaban J connectivity index is 1.25. The quantitative estimate of drug-likeness (QED) is 0.257. The number of halogens is 2. The fourth-order valence-electron chi connectivity index (χ4n) is 6.29. The van der Waals surface area contributed by atoms with E-state index < -0.39 is 47.0 Å². The van der Waals surface area contributed by atoms with Crippen LogP contribution in [0.25, 0.3) is 0 Å². The highest BCUT2D eigenvalue weighted by atomic mass is 35.5. The van der Waals surface area contributed by atoms with Gasteiger partial charge in [0.15, 0.2) is 11.9 Å². The molecule has 2 unspecified atom stereocenters. The van der Waals surface area contributed by atoms with Crippen molar-refractivity contribution in [1.29, 1.82) is 0 Å². The number of hydrogen-bond acceptors (Lipinski definition) is 7. The number of hydrogen-bond donors (Lipinski definition) is 3. The lowest BCUT2D eigenvalue weighted by molar-refractivity contribution is -0.151. The van der Waals surface area contributed by atoms with Crippen LogP contribution in [0.5, 0.6) is 0 Å². The van der Waals surface area contributed by atoms with E-state index in [2.05, 4.69) is 10.7 Å². The van der Waals surface area contributed by atoms with E-state index in [9.17, 15) is 24.3 Å². The lowest BCUT2D eigenvalue weighted by atomic mass is 9.93. The van der Waals surface area contributed by atoms with E-state index >= 15 is 0 Å². The number of amides is 3. The number of likely N-dealkylation sites (N-methyl/N-ethyl adjacent to an activating group) is 1. The third-order valence-electron chi connectivity index (χ3n) is 9.23. The maximum Gasteiger partial charge on any atom is 0.411 e. The maximum absolute atomic E-state index is 13.8. The Kier molecular flexibility index (Phi) is 10.0. The molecule has 12 heteroatoms. The smallest absolute Gasteiger partial charge is 0.411 e. The van der Waals surface area contributed by atoms with Gasteiger partial charge in [-0.3, -0.25) is 19.4 Å². The number of carbonyl (C=O) groups is 4. The van der Waals surface area contributed by atoms with E-state index in [0.717, 1.165) is 24.0 Å². The lowest BCUT2D eigenvalue weighted by Gasteiger charge is -2.32. The summed E-state index contributed by atoms with van der Waals surface area (Å²) in [5, 5.41) is 16.2. The number of benzene rings is 2. The van der Waals surface area contributed by atoms with Crippen LogP contribution in [0.15, 0.2) is 48.5 Å². The van der Waals surface area contributed by atoms with Crippen LogP contribution in [0.4, 0.5) is 4.79 Å². The molecule has 5 atom stereocenters. The highest BCUT2D eigenvalue weighted by molar-refractivity contribution is 6.30. The predicted octanol–water partition coefficient (Wildman–Crippen LogP) is 4.95. The fourth-order valence-corrected chi connectivity index (χ4v) is 6.60. The molecule has 46 heavy (non-hydrogen) atoms. The molecule has 1 aliphatic heterocycles. The van der Waals surface area contributed by atoms with Crippen LogP contribution in [-0.2, 0) is 24.7 Å². The molecule has 1 heterocycles. The average Bonchev–Trinajstić information content (AvgIpc) is 3.94. The van der Waals surface area contributed by atoms with Crippen molar-refractivity contribution in [2.24, 2.45) is 5.92 Å². The fraction of sp³-hybridized carbons (Fsp3) is 0.529. The van der Waals surface area contributed by atoms with Gasteiger partial charge in [-0.1, -0.05) is 61.3 Å². The molecule has 0 spiro atoms. The van der Waals surface area contributed by atoms with Crippen molar-refractivity contribution in [2.75, 3.05) is 13.6 Å². The average molecular weight is 674 g/mol. The normalized spacial score (nSPS) is 25.4. The summed E-state index contributed by atoms with van der Waals surface area (Å²) in [6, 6.07) is 14.6. The van der Waals surface area contributed by atoms with Gasteiger partial charge in [0.25, 0.3) is 11.8 Å². The molecule has 10 nitrogen and oxygen atoms in total. The molecule has 2 aromatic rings. The number of hydrazine groups is 1. The Morgan fingerprint density at radius 2 is 1.78 bits per heavy atom. The molecule has 1 saturated heterocycles. The van der Waals surface area contributed by atoms with Crippen LogP contribution in [-0.4, -0.2) is 76.1 Å². The predicted molar refractivity (Wildman–Crippen MR) is 174 cm³/mol. The zero-order chi connectivity index (χ0) is 33.4.